The van der Waals surface area contributed by atoms with Crippen molar-refractivity contribution in [2.75, 3.05) is 0 Å². The zero-order chi connectivity index (χ0) is 89.3. The first-order chi connectivity index (χ1) is 58.6. The summed E-state index contributed by atoms with van der Waals surface area (Å²) in [5, 5.41) is 54.5. The molecule has 4 N–H and O–H groups in total. The number of carbonyl (C=O) groups excluding carboxylic acids is 2. The monoisotopic (exact) mass is 1760 g/mol. The van der Waals surface area contributed by atoms with Gasteiger partial charge < -0.3 is 40.2 Å². The fraction of sp³-hybridized carbons (Fsp3) is 0.944. The van der Waals surface area contributed by atoms with Gasteiger partial charge in [0.1, 0.15) is 0 Å². The van der Waals surface area contributed by atoms with Crippen LogP contribution in [0.2, 0.25) is 0 Å². The Morgan fingerprint density at radius 2 is 0.205 bits per heavy atom. The number of rotatable bonds is 96. The Labute approximate surface area is 782 Å². The van der Waals surface area contributed by atoms with Crippen molar-refractivity contribution in [3.63, 3.8) is 0 Å². The van der Waals surface area contributed by atoms with Gasteiger partial charge in [0, 0.05) is 37.6 Å². The predicted molar refractivity (Wildman–Crippen MR) is 535 cm³/mol. The van der Waals surface area contributed by atoms with E-state index in [4.69, 9.17) is 20.4 Å². The Bertz CT molecular complexity index is 1570. The number of hydrogen-bond acceptors (Lipinski definition) is 8. The number of hydrogen-bond donors (Lipinski definition) is 4. The molecule has 0 aromatic rings. The molecule has 0 saturated heterocycles. The smallest absolute Gasteiger partial charge is 0.550 e. The van der Waals surface area contributed by atoms with E-state index in [2.05, 4.69) is 41.5 Å². The van der Waals surface area contributed by atoms with E-state index in [1.807, 2.05) is 0 Å². The molecule has 0 amide bonds. The van der Waals surface area contributed by atoms with Crippen LogP contribution in [-0.4, -0.2) is 90.3 Å². The van der Waals surface area contributed by atoms with E-state index < -0.39 is 35.8 Å². The van der Waals surface area contributed by atoms with Crippen LogP contribution in [-0.2, 0) is 28.8 Å². The molecule has 0 heterocycles. The van der Waals surface area contributed by atoms with Gasteiger partial charge in [-0.05, 0) is 62.3 Å². The molecule has 728 valence electrons. The maximum absolute atomic E-state index is 10.3. The maximum Gasteiger partial charge on any atom is 2.00 e. The summed E-state index contributed by atoms with van der Waals surface area (Å²) >= 11 is 0. The summed E-state index contributed by atoms with van der Waals surface area (Å²) in [6, 6.07) is 0. The summed E-state index contributed by atoms with van der Waals surface area (Å²) in [6.07, 6.45) is 121. The van der Waals surface area contributed by atoms with Crippen molar-refractivity contribution in [2.24, 2.45) is 0 Å². The molecular weight excluding hydrogens is 1540 g/mol. The summed E-state index contributed by atoms with van der Waals surface area (Å²) in [5.74, 6) is -4.42. The van der Waals surface area contributed by atoms with E-state index in [-0.39, 0.29) is 46.9 Å². The number of carboxylic acids is 6. The third kappa shape index (κ3) is 161. The molecule has 0 bridgehead atoms. The first-order valence-corrected chi connectivity index (χ1v) is 53.9. The SMILES string of the molecule is CCCCCCCCCCCCCCCCCC(=O)O.CCCCCCCCCCCCCCCCCC(=O)O.CCCCCCCCCCCCCCCCCC(=O)O.CCCCCCCCCCCCCCCCCC(=O)O.CCCCCCCCCCCCCCCCCC(=O)[O-].CCCCCCCCCCCCCCCCCC(=O)[O-].[Mg+2].[SiH4]. The molecule has 14 heteroatoms. The van der Waals surface area contributed by atoms with Crippen LogP contribution in [0.15, 0.2) is 0 Å². The quantitative estimate of drug-likeness (QED) is 0.0329. The third-order valence-electron chi connectivity index (χ3n) is 23.9. The number of carbonyl (C=O) groups is 6. The van der Waals surface area contributed by atoms with E-state index in [0.29, 0.717) is 25.7 Å². The predicted octanol–water partition coefficient (Wildman–Crippen LogP) is 33.5. The Hall–Kier alpha value is -2.20. The van der Waals surface area contributed by atoms with Gasteiger partial charge in [-0.2, -0.15) is 0 Å². The molecule has 0 unspecified atom stereocenters. The molecule has 0 aromatic heterocycles. The van der Waals surface area contributed by atoms with Crippen LogP contribution >= 0.6 is 0 Å². The summed E-state index contributed by atoms with van der Waals surface area (Å²) in [4.78, 5) is 61.8. The molecule has 0 aromatic carbocycles. The molecule has 0 fully saturated rings. The maximum atomic E-state index is 10.3. The van der Waals surface area contributed by atoms with Crippen molar-refractivity contribution in [1.29, 1.82) is 0 Å². The van der Waals surface area contributed by atoms with Crippen molar-refractivity contribution in [3.05, 3.63) is 0 Å². The van der Waals surface area contributed by atoms with Gasteiger partial charge in [0.25, 0.3) is 0 Å². The van der Waals surface area contributed by atoms with E-state index in [9.17, 15) is 39.0 Å². The normalized spacial score (nSPS) is 10.7. The van der Waals surface area contributed by atoms with Crippen LogP contribution in [0.25, 0.3) is 0 Å². The molecule has 0 aliphatic heterocycles. The van der Waals surface area contributed by atoms with Crippen LogP contribution in [0.1, 0.15) is 658 Å². The van der Waals surface area contributed by atoms with Crippen molar-refractivity contribution < 1.29 is 59.4 Å². The van der Waals surface area contributed by atoms with Crippen LogP contribution in [0.3, 0.4) is 0 Å². The van der Waals surface area contributed by atoms with Crippen molar-refractivity contribution in [1.82, 2.24) is 0 Å². The Morgan fingerprint density at radius 3 is 0.270 bits per heavy atom. The molecule has 0 atom stereocenters. The minimum Gasteiger partial charge on any atom is -0.550 e. The fourth-order valence-corrected chi connectivity index (χ4v) is 15.9. The van der Waals surface area contributed by atoms with Crippen molar-refractivity contribution >= 4 is 69.8 Å². The average molecular weight is 1760 g/mol. The molecule has 0 radical (unpaired) electrons. The number of carboxylic acid groups (broad SMARTS) is 6. The first kappa shape index (κ1) is 135. The fourth-order valence-electron chi connectivity index (χ4n) is 15.9. The van der Waals surface area contributed by atoms with Gasteiger partial charge in [-0.15, -0.1) is 0 Å². The van der Waals surface area contributed by atoms with E-state index in [0.717, 1.165) is 77.0 Å². The van der Waals surface area contributed by atoms with Crippen molar-refractivity contribution in [2.45, 2.75) is 658 Å². The van der Waals surface area contributed by atoms with E-state index in [1.54, 1.807) is 0 Å². The first-order valence-electron chi connectivity index (χ1n) is 53.9. The second kappa shape index (κ2) is 132. The average Bonchev–Trinajstić information content (AvgIpc) is 1.20. The second-order valence-electron chi connectivity index (χ2n) is 36.5. The van der Waals surface area contributed by atoms with E-state index in [1.165, 1.54) is 501 Å². The van der Waals surface area contributed by atoms with Gasteiger partial charge in [0.05, 0.1) is 0 Å². The van der Waals surface area contributed by atoms with Gasteiger partial charge in [-0.1, -0.05) is 581 Å². The summed E-state index contributed by atoms with van der Waals surface area (Å²) in [7, 11) is 0. The molecule has 0 rings (SSSR count). The van der Waals surface area contributed by atoms with Crippen LogP contribution in [0.5, 0.6) is 0 Å². The number of unbranched alkanes of at least 4 members (excludes halogenated alkanes) is 84. The molecule has 0 aliphatic rings. The molecule has 122 heavy (non-hydrogen) atoms. The molecule has 12 nitrogen and oxygen atoms in total. The molecule has 0 saturated carbocycles. The van der Waals surface area contributed by atoms with Crippen molar-refractivity contribution in [3.8, 4) is 0 Å². The summed E-state index contributed by atoms with van der Waals surface area (Å²) in [6.45, 7) is 13.6. The minimum absolute atomic E-state index is 0. The Morgan fingerprint density at radius 1 is 0.139 bits per heavy atom. The standard InChI is InChI=1S/6C18H36O2.Mg.H4Si/c6*1-2-3-4-5-6-7-8-9-10-11-12-13-14-15-16-17-18(19)20;;/h6*2-17H2,1H3,(H,19,20);;1H4/q;;;;;;+2;/p-2. The van der Waals surface area contributed by atoms with Gasteiger partial charge in [-0.3, -0.25) is 19.2 Å². The van der Waals surface area contributed by atoms with Crippen LogP contribution in [0, 0.1) is 0 Å². The van der Waals surface area contributed by atoms with E-state index >= 15 is 0 Å². The van der Waals surface area contributed by atoms with Gasteiger partial charge in [-0.25, -0.2) is 0 Å². The summed E-state index contributed by atoms with van der Waals surface area (Å²) in [5.41, 5.74) is 0. The zero-order valence-electron chi connectivity index (χ0n) is 82.6. The van der Waals surface area contributed by atoms with Gasteiger partial charge in [0.2, 0.25) is 0 Å². The molecule has 0 spiro atoms. The van der Waals surface area contributed by atoms with Crippen LogP contribution in [0.4, 0.5) is 0 Å². The largest absolute Gasteiger partial charge is 2.00 e. The van der Waals surface area contributed by atoms with Gasteiger partial charge >= 0.3 is 46.9 Å². The Kier molecular flexibility index (Phi) is 146. The Balaban J connectivity index is -0.000000212. The zero-order valence-corrected chi connectivity index (χ0v) is 84.1. The summed E-state index contributed by atoms with van der Waals surface area (Å²) < 4.78 is 0. The molecular formula is C108H218MgO12Si. The minimum atomic E-state index is -0.903. The van der Waals surface area contributed by atoms with Gasteiger partial charge in [0.15, 0.2) is 0 Å². The van der Waals surface area contributed by atoms with Crippen LogP contribution < -0.4 is 10.2 Å². The molecule has 0 aliphatic carbocycles. The third-order valence-corrected chi connectivity index (χ3v) is 23.9. The second-order valence-corrected chi connectivity index (χ2v) is 36.5. The number of aliphatic carboxylic acids is 6. The topological polar surface area (TPSA) is 229 Å².